The van der Waals surface area contributed by atoms with Gasteiger partial charge in [0.25, 0.3) is 0 Å². The van der Waals surface area contributed by atoms with Crippen LogP contribution >= 0.6 is 23.5 Å². The number of amides is 2. The lowest BCUT2D eigenvalue weighted by molar-refractivity contribution is -0.136. The highest BCUT2D eigenvalue weighted by atomic mass is 32.2. The van der Waals surface area contributed by atoms with Crippen molar-refractivity contribution in [2.45, 2.75) is 95.3 Å². The Kier molecular flexibility index (Phi) is 16.2. The largest absolute Gasteiger partial charge is 0.381 e. The average Bonchev–Trinajstić information content (AvgIpc) is 2.96. The van der Waals surface area contributed by atoms with Crippen molar-refractivity contribution in [2.75, 3.05) is 31.8 Å². The molecule has 0 radical (unpaired) electrons. The number of aldehydes is 1. The molecule has 226 valence electrons. The maximum absolute atomic E-state index is 13.5. The van der Waals surface area contributed by atoms with Crippen molar-refractivity contribution < 1.29 is 19.1 Å². The fourth-order valence-electron chi connectivity index (χ4n) is 4.76. The molecule has 0 saturated carbocycles. The molecule has 3 atom stereocenters. The van der Waals surface area contributed by atoms with Crippen molar-refractivity contribution in [3.63, 3.8) is 0 Å². The van der Waals surface area contributed by atoms with Crippen LogP contribution in [0.4, 0.5) is 0 Å². The van der Waals surface area contributed by atoms with Crippen LogP contribution in [0, 0.1) is 11.8 Å². The van der Waals surface area contributed by atoms with Crippen molar-refractivity contribution in [3.05, 3.63) is 29.6 Å². The molecule has 1 aliphatic heterocycles. The van der Waals surface area contributed by atoms with E-state index in [1.165, 1.54) is 0 Å². The second-order valence-electron chi connectivity index (χ2n) is 11.1. The molecular formula is C30H50N4O4S2. The van der Waals surface area contributed by atoms with Gasteiger partial charge in [0.15, 0.2) is 0 Å². The van der Waals surface area contributed by atoms with Crippen LogP contribution in [0.3, 0.4) is 0 Å². The van der Waals surface area contributed by atoms with E-state index in [9.17, 15) is 14.4 Å². The van der Waals surface area contributed by atoms with Gasteiger partial charge >= 0.3 is 0 Å². The summed E-state index contributed by atoms with van der Waals surface area (Å²) in [5, 5.41) is 9.59. The van der Waals surface area contributed by atoms with Crippen molar-refractivity contribution in [2.24, 2.45) is 11.8 Å². The highest BCUT2D eigenvalue weighted by molar-refractivity contribution is 7.98. The number of likely N-dealkylation sites (N-methyl/N-ethyl adjacent to an activating group) is 1. The first-order valence-electron chi connectivity index (χ1n) is 14.7. The number of hydrogen-bond donors (Lipinski definition) is 3. The number of hydrogen-bond acceptors (Lipinski definition) is 8. The van der Waals surface area contributed by atoms with Crippen molar-refractivity contribution in [3.8, 4) is 0 Å². The number of ether oxygens (including phenoxy) is 1. The van der Waals surface area contributed by atoms with E-state index in [0.29, 0.717) is 44.8 Å². The number of carbonyl (C=O) groups excluding carboxylic acids is 3. The first-order chi connectivity index (χ1) is 19.2. The molecule has 2 rings (SSSR count). The SMILES string of the molecule is CCC(C)C(CCSCc1cccc(CSCCC=O)n1)NC(=O)C(CC(C)C)NC(=O)C1(NC)CCOCC1. The van der Waals surface area contributed by atoms with Crippen molar-refractivity contribution in [1.29, 1.82) is 0 Å². The molecule has 1 fully saturated rings. The van der Waals surface area contributed by atoms with Crippen LogP contribution in [0.2, 0.25) is 0 Å². The second kappa shape index (κ2) is 18.7. The summed E-state index contributed by atoms with van der Waals surface area (Å²) >= 11 is 3.55. The summed E-state index contributed by atoms with van der Waals surface area (Å²) in [6, 6.07) is 5.59. The Balaban J connectivity index is 1.94. The Morgan fingerprint density at radius 2 is 1.73 bits per heavy atom. The van der Waals surface area contributed by atoms with E-state index in [0.717, 1.165) is 53.5 Å². The van der Waals surface area contributed by atoms with Gasteiger partial charge in [-0.05, 0) is 62.5 Å². The highest BCUT2D eigenvalue weighted by Gasteiger charge is 2.40. The molecule has 2 amide bonds. The summed E-state index contributed by atoms with van der Waals surface area (Å²) in [4.78, 5) is 42.1. The van der Waals surface area contributed by atoms with Crippen molar-refractivity contribution in [1.82, 2.24) is 20.9 Å². The van der Waals surface area contributed by atoms with Crippen LogP contribution in [-0.2, 0) is 30.6 Å². The summed E-state index contributed by atoms with van der Waals surface area (Å²) in [7, 11) is 1.81. The number of pyridine rings is 1. The fourth-order valence-corrected chi connectivity index (χ4v) is 6.47. The Bertz CT molecular complexity index is 911. The molecule has 0 bridgehead atoms. The molecule has 10 heteroatoms. The molecule has 0 aromatic carbocycles. The van der Waals surface area contributed by atoms with Gasteiger partial charge in [-0.15, -0.1) is 0 Å². The van der Waals surface area contributed by atoms with E-state index in [1.54, 1.807) is 18.8 Å². The third-order valence-corrected chi connectivity index (χ3v) is 9.61. The molecule has 8 nitrogen and oxygen atoms in total. The molecular weight excluding hydrogens is 544 g/mol. The lowest BCUT2D eigenvalue weighted by Gasteiger charge is -2.37. The van der Waals surface area contributed by atoms with E-state index >= 15 is 0 Å². The smallest absolute Gasteiger partial charge is 0.242 e. The number of nitrogens with one attached hydrogen (secondary N) is 3. The highest BCUT2D eigenvalue weighted by Crippen LogP contribution is 2.22. The number of rotatable bonds is 19. The molecule has 2 heterocycles. The number of nitrogens with zero attached hydrogens (tertiary/aromatic N) is 1. The van der Waals surface area contributed by atoms with Gasteiger partial charge in [0.05, 0.1) is 11.4 Å². The van der Waals surface area contributed by atoms with Gasteiger partial charge in [-0.2, -0.15) is 23.5 Å². The molecule has 1 saturated heterocycles. The monoisotopic (exact) mass is 594 g/mol. The van der Waals surface area contributed by atoms with Crippen LogP contribution in [0.5, 0.6) is 0 Å². The lowest BCUT2D eigenvalue weighted by atomic mass is 9.88. The summed E-state index contributed by atoms with van der Waals surface area (Å²) in [5.41, 5.74) is 1.40. The van der Waals surface area contributed by atoms with Crippen LogP contribution in [0.15, 0.2) is 18.2 Å². The third-order valence-electron chi connectivity index (χ3n) is 7.56. The summed E-state index contributed by atoms with van der Waals surface area (Å²) in [6.07, 6.45) is 5.12. The van der Waals surface area contributed by atoms with Gasteiger partial charge in [-0.3, -0.25) is 14.6 Å². The maximum Gasteiger partial charge on any atom is 0.242 e. The molecule has 1 aromatic heterocycles. The zero-order chi connectivity index (χ0) is 29.4. The normalized spacial score (nSPS) is 17.1. The molecule has 3 N–H and O–H groups in total. The third kappa shape index (κ3) is 11.7. The van der Waals surface area contributed by atoms with Gasteiger partial charge in [-0.1, -0.05) is 40.2 Å². The van der Waals surface area contributed by atoms with Gasteiger partial charge in [0, 0.05) is 42.9 Å². The van der Waals surface area contributed by atoms with Crippen molar-refractivity contribution >= 4 is 41.6 Å². The van der Waals surface area contributed by atoms with Crippen LogP contribution in [0.1, 0.15) is 77.6 Å². The first-order valence-corrected chi connectivity index (χ1v) is 17.0. The maximum atomic E-state index is 13.5. The van der Waals surface area contributed by atoms with E-state index in [2.05, 4.69) is 49.7 Å². The van der Waals surface area contributed by atoms with Crippen LogP contribution < -0.4 is 16.0 Å². The molecule has 3 unspecified atom stereocenters. The Labute approximate surface area is 249 Å². The minimum absolute atomic E-state index is 0.0337. The molecule has 40 heavy (non-hydrogen) atoms. The topological polar surface area (TPSA) is 109 Å². The second-order valence-corrected chi connectivity index (χ2v) is 13.3. The predicted molar refractivity (Wildman–Crippen MR) is 166 cm³/mol. The summed E-state index contributed by atoms with van der Waals surface area (Å²) < 4.78 is 5.47. The lowest BCUT2D eigenvalue weighted by Crippen LogP contribution is -2.62. The Hall–Kier alpha value is -1.62. The number of aromatic nitrogens is 1. The van der Waals surface area contributed by atoms with Crippen LogP contribution in [0.25, 0.3) is 0 Å². The summed E-state index contributed by atoms with van der Waals surface area (Å²) in [5.74, 6) is 3.72. The summed E-state index contributed by atoms with van der Waals surface area (Å²) in [6.45, 7) is 9.53. The zero-order valence-electron chi connectivity index (χ0n) is 25.0. The molecule has 1 aromatic rings. The fraction of sp³-hybridized carbons (Fsp3) is 0.733. The number of carbonyl (C=O) groups is 3. The van der Waals surface area contributed by atoms with E-state index in [4.69, 9.17) is 9.72 Å². The first kappa shape index (κ1) is 34.6. The number of thioether (sulfide) groups is 2. The Morgan fingerprint density at radius 3 is 2.30 bits per heavy atom. The van der Waals surface area contributed by atoms with Crippen LogP contribution in [-0.4, -0.2) is 72.5 Å². The zero-order valence-corrected chi connectivity index (χ0v) is 26.6. The van der Waals surface area contributed by atoms with Gasteiger partial charge in [-0.25, -0.2) is 0 Å². The minimum atomic E-state index is -0.694. The van der Waals surface area contributed by atoms with Gasteiger partial charge < -0.3 is 25.5 Å². The predicted octanol–water partition coefficient (Wildman–Crippen LogP) is 4.36. The standard InChI is InChI=1S/C30H50N4O4S2/c1-6-23(4)26(11-18-40-21-25-10-7-9-24(32-25)20-39-17-8-14-35)33-28(36)27(19-22(2)3)34-29(37)30(31-5)12-15-38-16-13-30/h7,9-10,14,22-23,26-27,31H,6,8,11-13,15-21H2,1-5H3,(H,33,36)(H,34,37). The van der Waals surface area contributed by atoms with Gasteiger partial charge in [0.1, 0.15) is 17.9 Å². The quantitative estimate of drug-likeness (QED) is 0.160. The molecule has 0 spiro atoms. The Morgan fingerprint density at radius 1 is 1.07 bits per heavy atom. The van der Waals surface area contributed by atoms with E-state index in [-0.39, 0.29) is 23.8 Å². The van der Waals surface area contributed by atoms with E-state index < -0.39 is 11.6 Å². The molecule has 1 aliphatic rings. The minimum Gasteiger partial charge on any atom is -0.381 e. The van der Waals surface area contributed by atoms with E-state index in [1.807, 2.05) is 23.9 Å². The van der Waals surface area contributed by atoms with Gasteiger partial charge in [0.2, 0.25) is 11.8 Å². The molecule has 0 aliphatic carbocycles. The average molecular weight is 595 g/mol.